The Balaban J connectivity index is 0.000000292. The lowest BCUT2D eigenvalue weighted by Gasteiger charge is -1.86. The normalized spacial score (nSPS) is 14.6. The van der Waals surface area contributed by atoms with E-state index in [1.165, 1.54) is 12.0 Å². The van der Waals surface area contributed by atoms with Crippen molar-refractivity contribution >= 4 is 0 Å². The molecule has 1 aliphatic carbocycles. The molecule has 0 saturated carbocycles. The van der Waals surface area contributed by atoms with Gasteiger partial charge in [0, 0.05) is 0 Å². The van der Waals surface area contributed by atoms with Crippen LogP contribution in [-0.2, 0) is 0 Å². The van der Waals surface area contributed by atoms with Crippen LogP contribution in [-0.4, -0.2) is 0 Å². The maximum atomic E-state index is 2.16. The van der Waals surface area contributed by atoms with Crippen molar-refractivity contribution < 1.29 is 0 Å². The first kappa shape index (κ1) is 10.2. The maximum Gasteiger partial charge on any atom is -0.0135 e. The van der Waals surface area contributed by atoms with Crippen LogP contribution >= 0.6 is 0 Å². The van der Waals surface area contributed by atoms with E-state index >= 15 is 0 Å². The largest absolute Gasteiger partial charge is 0.0805 e. The highest BCUT2D eigenvalue weighted by Gasteiger charge is 1.83. The molecule has 1 rings (SSSR count). The zero-order valence-electron chi connectivity index (χ0n) is 7.80. The molecule has 0 unspecified atom stereocenters. The number of allylic oxidation sites excluding steroid dienone is 6. The summed E-state index contributed by atoms with van der Waals surface area (Å²) in [5.74, 6) is 0. The predicted molar refractivity (Wildman–Crippen MR) is 52.6 cm³/mol. The molecule has 0 spiro atoms. The van der Waals surface area contributed by atoms with Crippen LogP contribution in [0.4, 0.5) is 0 Å². The van der Waals surface area contributed by atoms with Crippen LogP contribution in [0.15, 0.2) is 36.0 Å². The molecule has 0 heteroatoms. The molecule has 0 aromatic heterocycles. The summed E-state index contributed by atoms with van der Waals surface area (Å²) in [7, 11) is 0. The predicted octanol–water partition coefficient (Wildman–Crippen LogP) is 3.87. The summed E-state index contributed by atoms with van der Waals surface area (Å²) >= 11 is 0. The third-order valence-corrected chi connectivity index (χ3v) is 1.18. The Bertz CT molecular complexity index is 159. The molecule has 0 aromatic rings. The third-order valence-electron chi connectivity index (χ3n) is 1.18. The van der Waals surface area contributed by atoms with Gasteiger partial charge in [-0.05, 0) is 13.3 Å². The maximum absolute atomic E-state index is 2.16. The summed E-state index contributed by atoms with van der Waals surface area (Å²) in [6.07, 6.45) is 12.9. The van der Waals surface area contributed by atoms with Crippen LogP contribution in [0.2, 0.25) is 0 Å². The second-order valence-electron chi connectivity index (χ2n) is 2.74. The van der Waals surface area contributed by atoms with E-state index in [0.717, 1.165) is 6.42 Å². The Morgan fingerprint density at radius 1 is 1.18 bits per heavy atom. The fourth-order valence-corrected chi connectivity index (χ4v) is 0.685. The van der Waals surface area contributed by atoms with Crippen molar-refractivity contribution in [3.05, 3.63) is 36.0 Å². The highest BCUT2D eigenvalue weighted by Crippen LogP contribution is 2.03. The van der Waals surface area contributed by atoms with Gasteiger partial charge in [-0.25, -0.2) is 0 Å². The Labute approximate surface area is 70.3 Å². The van der Waals surface area contributed by atoms with Crippen molar-refractivity contribution in [1.82, 2.24) is 0 Å². The lowest BCUT2D eigenvalue weighted by Crippen LogP contribution is -1.66. The molecule has 1 aliphatic rings. The van der Waals surface area contributed by atoms with Gasteiger partial charge in [-0.1, -0.05) is 56.2 Å². The first-order chi connectivity index (χ1) is 5.31. The fraction of sp³-hybridized carbons (Fsp3) is 0.455. The SMILES string of the molecule is CC1=CC=CC=CC1.CCC. The van der Waals surface area contributed by atoms with Gasteiger partial charge in [0.15, 0.2) is 0 Å². The second kappa shape index (κ2) is 7.33. The van der Waals surface area contributed by atoms with E-state index in [1.807, 2.05) is 0 Å². The number of hydrogen-bond donors (Lipinski definition) is 0. The molecule has 0 saturated heterocycles. The average Bonchev–Trinajstić information content (AvgIpc) is 2.18. The molecular formula is C11H18. The molecule has 0 heterocycles. The molecule has 0 bridgehead atoms. The van der Waals surface area contributed by atoms with Crippen molar-refractivity contribution in [1.29, 1.82) is 0 Å². The molecule has 0 nitrogen and oxygen atoms in total. The van der Waals surface area contributed by atoms with E-state index in [1.54, 1.807) is 0 Å². The summed E-state index contributed by atoms with van der Waals surface area (Å²) < 4.78 is 0. The fourth-order valence-electron chi connectivity index (χ4n) is 0.685. The summed E-state index contributed by atoms with van der Waals surface area (Å²) in [5, 5.41) is 0. The smallest absolute Gasteiger partial charge is 0.0135 e. The van der Waals surface area contributed by atoms with Gasteiger partial charge in [-0.15, -0.1) is 0 Å². The van der Waals surface area contributed by atoms with E-state index in [9.17, 15) is 0 Å². The summed E-state index contributed by atoms with van der Waals surface area (Å²) in [6, 6.07) is 0. The minimum absolute atomic E-state index is 1.10. The van der Waals surface area contributed by atoms with Crippen LogP contribution in [0.1, 0.15) is 33.6 Å². The van der Waals surface area contributed by atoms with E-state index in [4.69, 9.17) is 0 Å². The quantitative estimate of drug-likeness (QED) is 0.492. The van der Waals surface area contributed by atoms with Crippen LogP contribution in [0, 0.1) is 0 Å². The van der Waals surface area contributed by atoms with Gasteiger partial charge in [0.2, 0.25) is 0 Å². The molecule has 0 amide bonds. The Morgan fingerprint density at radius 2 is 1.82 bits per heavy atom. The first-order valence-corrected chi connectivity index (χ1v) is 4.30. The Morgan fingerprint density at radius 3 is 2.45 bits per heavy atom. The van der Waals surface area contributed by atoms with Gasteiger partial charge < -0.3 is 0 Å². The minimum Gasteiger partial charge on any atom is -0.0805 e. The molecule has 0 radical (unpaired) electrons. The van der Waals surface area contributed by atoms with E-state index in [0.29, 0.717) is 0 Å². The molecule has 0 fully saturated rings. The van der Waals surface area contributed by atoms with Crippen LogP contribution in [0.3, 0.4) is 0 Å². The van der Waals surface area contributed by atoms with Gasteiger partial charge in [0.1, 0.15) is 0 Å². The lowest BCUT2D eigenvalue weighted by molar-refractivity contribution is 1.09. The number of rotatable bonds is 0. The number of hydrogen-bond acceptors (Lipinski definition) is 0. The van der Waals surface area contributed by atoms with Crippen molar-refractivity contribution in [2.45, 2.75) is 33.6 Å². The van der Waals surface area contributed by atoms with Crippen molar-refractivity contribution in [2.75, 3.05) is 0 Å². The standard InChI is InChI=1S/C8H10.C3H8/c1-8-6-4-2-3-5-7-8;1-3-2/h2-6H,7H2,1H3;3H2,1-2H3. The van der Waals surface area contributed by atoms with Crippen molar-refractivity contribution in [2.24, 2.45) is 0 Å². The average molecular weight is 150 g/mol. The third kappa shape index (κ3) is 7.11. The van der Waals surface area contributed by atoms with Gasteiger partial charge in [0.25, 0.3) is 0 Å². The van der Waals surface area contributed by atoms with Gasteiger partial charge in [-0.3, -0.25) is 0 Å². The Kier molecular flexibility index (Phi) is 6.81. The van der Waals surface area contributed by atoms with Crippen LogP contribution in [0.25, 0.3) is 0 Å². The molecule has 11 heavy (non-hydrogen) atoms. The van der Waals surface area contributed by atoms with Gasteiger partial charge in [-0.2, -0.15) is 0 Å². The summed E-state index contributed by atoms with van der Waals surface area (Å²) in [4.78, 5) is 0. The topological polar surface area (TPSA) is 0 Å². The molecule has 0 atom stereocenters. The van der Waals surface area contributed by atoms with Gasteiger partial charge in [0.05, 0.1) is 0 Å². The van der Waals surface area contributed by atoms with Crippen molar-refractivity contribution in [3.8, 4) is 0 Å². The van der Waals surface area contributed by atoms with E-state index in [-0.39, 0.29) is 0 Å². The van der Waals surface area contributed by atoms with E-state index in [2.05, 4.69) is 51.2 Å². The Hall–Kier alpha value is -0.780. The summed E-state index contributed by atoms with van der Waals surface area (Å²) in [6.45, 7) is 6.39. The second-order valence-corrected chi connectivity index (χ2v) is 2.74. The zero-order chi connectivity index (χ0) is 8.53. The molecule has 62 valence electrons. The summed E-state index contributed by atoms with van der Waals surface area (Å²) in [5.41, 5.74) is 1.43. The molecule has 0 aromatic carbocycles. The minimum atomic E-state index is 1.10. The zero-order valence-corrected chi connectivity index (χ0v) is 7.80. The highest BCUT2D eigenvalue weighted by molar-refractivity contribution is 5.21. The molecule has 0 N–H and O–H groups in total. The van der Waals surface area contributed by atoms with E-state index < -0.39 is 0 Å². The van der Waals surface area contributed by atoms with Gasteiger partial charge >= 0.3 is 0 Å². The van der Waals surface area contributed by atoms with Crippen LogP contribution < -0.4 is 0 Å². The lowest BCUT2D eigenvalue weighted by atomic mass is 10.2. The highest BCUT2D eigenvalue weighted by atomic mass is 13.9. The molecular weight excluding hydrogens is 132 g/mol. The first-order valence-electron chi connectivity index (χ1n) is 4.30. The van der Waals surface area contributed by atoms with Crippen molar-refractivity contribution in [3.63, 3.8) is 0 Å². The molecule has 0 aliphatic heterocycles. The monoisotopic (exact) mass is 150 g/mol. The van der Waals surface area contributed by atoms with Crippen LogP contribution in [0.5, 0.6) is 0 Å².